The van der Waals surface area contributed by atoms with E-state index < -0.39 is 0 Å². The van der Waals surface area contributed by atoms with Gasteiger partial charge >= 0.3 is 0 Å². The van der Waals surface area contributed by atoms with Crippen LogP contribution in [0.25, 0.3) is 0 Å². The summed E-state index contributed by atoms with van der Waals surface area (Å²) in [7, 11) is 4.26. The zero-order valence-corrected chi connectivity index (χ0v) is 15.2. The van der Waals surface area contributed by atoms with Crippen molar-refractivity contribution in [1.29, 1.82) is 0 Å². The van der Waals surface area contributed by atoms with Crippen molar-refractivity contribution in [3.05, 3.63) is 24.0 Å². The Morgan fingerprint density at radius 2 is 2.00 bits per heavy atom. The highest BCUT2D eigenvalue weighted by Crippen LogP contribution is 2.23. The largest absolute Gasteiger partial charge is 0.355 e. The number of nitrogens with zero attached hydrogens (tertiary/aromatic N) is 3. The quantitative estimate of drug-likeness (QED) is 0.888. The molecule has 1 aromatic heterocycles. The molecule has 3 heterocycles. The van der Waals surface area contributed by atoms with Gasteiger partial charge in [-0.2, -0.15) is 0 Å². The number of hydrogen-bond donors (Lipinski definition) is 1. The summed E-state index contributed by atoms with van der Waals surface area (Å²) in [5.41, 5.74) is 1.27. The van der Waals surface area contributed by atoms with E-state index in [1.165, 1.54) is 38.2 Å². The second-order valence-corrected chi connectivity index (χ2v) is 7.52. The number of carbonyl (C=O) groups excluding carboxylic acids is 1. The first-order chi connectivity index (χ1) is 11.6. The standard InChI is InChI=1S/C19H32N4O/c1-21-13-8-18(9-14-21)23-12-3-5-16(15-23)19(24)20-10-7-17-6-4-11-22(17)2/h4,6,11,16,18H,3,5,7-10,12-15H2,1-2H3,(H,20,24)/t16-/m1/s1. The molecule has 5 heteroatoms. The van der Waals surface area contributed by atoms with Crippen molar-refractivity contribution < 1.29 is 4.79 Å². The Morgan fingerprint density at radius 3 is 2.71 bits per heavy atom. The molecule has 1 amide bonds. The van der Waals surface area contributed by atoms with Gasteiger partial charge in [-0.05, 0) is 64.5 Å². The number of piperidine rings is 2. The minimum absolute atomic E-state index is 0.173. The summed E-state index contributed by atoms with van der Waals surface area (Å²) in [5, 5.41) is 3.16. The summed E-state index contributed by atoms with van der Waals surface area (Å²) in [4.78, 5) is 17.5. The Morgan fingerprint density at radius 1 is 1.21 bits per heavy atom. The number of likely N-dealkylation sites (tertiary alicyclic amines) is 2. The summed E-state index contributed by atoms with van der Waals surface area (Å²) in [5.74, 6) is 0.425. The van der Waals surface area contributed by atoms with Crippen LogP contribution in [0.1, 0.15) is 31.4 Å². The molecule has 5 nitrogen and oxygen atoms in total. The highest BCUT2D eigenvalue weighted by molar-refractivity contribution is 5.78. The maximum Gasteiger partial charge on any atom is 0.224 e. The van der Waals surface area contributed by atoms with Crippen molar-refractivity contribution in [3.8, 4) is 0 Å². The predicted molar refractivity (Wildman–Crippen MR) is 96.9 cm³/mol. The summed E-state index contributed by atoms with van der Waals surface area (Å²) < 4.78 is 2.12. The van der Waals surface area contributed by atoms with E-state index in [1.54, 1.807) is 0 Å². The SMILES string of the molecule is CN1CCC(N2CCC[C@@H](C(=O)NCCc3cccn3C)C2)CC1. The van der Waals surface area contributed by atoms with Gasteiger partial charge in [-0.25, -0.2) is 0 Å². The minimum atomic E-state index is 0.173. The molecule has 0 bridgehead atoms. The number of carbonyl (C=O) groups is 1. The third-order valence-electron chi connectivity index (χ3n) is 5.76. The Balaban J connectivity index is 1.44. The Labute approximate surface area is 146 Å². The molecule has 1 aromatic rings. The van der Waals surface area contributed by atoms with Crippen LogP contribution in [0.15, 0.2) is 18.3 Å². The first kappa shape index (κ1) is 17.5. The van der Waals surface area contributed by atoms with Crippen LogP contribution in [0.4, 0.5) is 0 Å². The van der Waals surface area contributed by atoms with Crippen LogP contribution in [-0.2, 0) is 18.3 Å². The van der Waals surface area contributed by atoms with E-state index in [2.05, 4.69) is 52.1 Å². The normalized spacial score (nSPS) is 24.2. The Bertz CT molecular complexity index is 533. The van der Waals surface area contributed by atoms with Crippen LogP contribution in [-0.4, -0.2) is 66.1 Å². The highest BCUT2D eigenvalue weighted by atomic mass is 16.1. The molecular formula is C19H32N4O. The van der Waals surface area contributed by atoms with Gasteiger partial charge in [0.2, 0.25) is 5.91 Å². The lowest BCUT2D eigenvalue weighted by Crippen LogP contribution is -2.50. The highest BCUT2D eigenvalue weighted by Gasteiger charge is 2.30. The number of amides is 1. The van der Waals surface area contributed by atoms with Crippen LogP contribution < -0.4 is 5.32 Å². The zero-order chi connectivity index (χ0) is 16.9. The topological polar surface area (TPSA) is 40.5 Å². The van der Waals surface area contributed by atoms with Gasteiger partial charge in [0.1, 0.15) is 0 Å². The van der Waals surface area contributed by atoms with Gasteiger partial charge < -0.3 is 14.8 Å². The van der Waals surface area contributed by atoms with Crippen molar-refractivity contribution in [2.45, 2.75) is 38.1 Å². The maximum atomic E-state index is 12.5. The lowest BCUT2D eigenvalue weighted by Gasteiger charge is -2.41. The molecule has 0 unspecified atom stereocenters. The average Bonchev–Trinajstić information content (AvgIpc) is 3.01. The summed E-state index contributed by atoms with van der Waals surface area (Å²) in [6, 6.07) is 4.85. The van der Waals surface area contributed by atoms with E-state index in [4.69, 9.17) is 0 Å². The molecular weight excluding hydrogens is 300 g/mol. The van der Waals surface area contributed by atoms with Gasteiger partial charge in [-0.1, -0.05) is 0 Å². The average molecular weight is 332 g/mol. The van der Waals surface area contributed by atoms with Crippen LogP contribution in [0.5, 0.6) is 0 Å². The van der Waals surface area contributed by atoms with Crippen molar-refractivity contribution in [1.82, 2.24) is 19.7 Å². The zero-order valence-electron chi connectivity index (χ0n) is 15.2. The smallest absolute Gasteiger partial charge is 0.224 e. The van der Waals surface area contributed by atoms with Crippen LogP contribution in [0.2, 0.25) is 0 Å². The van der Waals surface area contributed by atoms with Gasteiger partial charge in [0, 0.05) is 44.5 Å². The maximum absolute atomic E-state index is 12.5. The number of nitrogens with one attached hydrogen (secondary N) is 1. The molecule has 0 aromatic carbocycles. The third kappa shape index (κ3) is 4.39. The molecule has 2 saturated heterocycles. The Hall–Kier alpha value is -1.33. The van der Waals surface area contributed by atoms with E-state index in [1.807, 2.05) is 0 Å². The van der Waals surface area contributed by atoms with Gasteiger partial charge in [-0.3, -0.25) is 9.69 Å². The number of rotatable bonds is 5. The van der Waals surface area contributed by atoms with Crippen molar-refractivity contribution in [2.24, 2.45) is 13.0 Å². The second kappa shape index (κ2) is 8.17. The monoisotopic (exact) mass is 332 g/mol. The molecule has 24 heavy (non-hydrogen) atoms. The number of hydrogen-bond acceptors (Lipinski definition) is 3. The molecule has 2 aliphatic heterocycles. The predicted octanol–water partition coefficient (Wildman–Crippen LogP) is 1.49. The van der Waals surface area contributed by atoms with Crippen molar-refractivity contribution >= 4 is 5.91 Å². The fraction of sp³-hybridized carbons (Fsp3) is 0.737. The fourth-order valence-corrected chi connectivity index (χ4v) is 4.13. The van der Waals surface area contributed by atoms with E-state index in [0.29, 0.717) is 6.04 Å². The second-order valence-electron chi connectivity index (χ2n) is 7.52. The van der Waals surface area contributed by atoms with Gasteiger partial charge in [0.15, 0.2) is 0 Å². The van der Waals surface area contributed by atoms with Crippen molar-refractivity contribution in [2.75, 3.05) is 39.8 Å². The summed E-state index contributed by atoms with van der Waals surface area (Å²) >= 11 is 0. The first-order valence-electron chi connectivity index (χ1n) is 9.44. The molecule has 1 N–H and O–H groups in total. The van der Waals surface area contributed by atoms with E-state index >= 15 is 0 Å². The van der Waals surface area contributed by atoms with E-state index in [9.17, 15) is 4.79 Å². The lowest BCUT2D eigenvalue weighted by molar-refractivity contribution is -0.127. The molecule has 2 fully saturated rings. The molecule has 3 rings (SSSR count). The van der Waals surface area contributed by atoms with Gasteiger partial charge in [0.05, 0.1) is 5.92 Å². The van der Waals surface area contributed by atoms with Crippen LogP contribution >= 0.6 is 0 Å². The molecule has 0 spiro atoms. The number of aryl methyl sites for hydroxylation is 1. The molecule has 0 saturated carbocycles. The van der Waals surface area contributed by atoms with E-state index in [0.717, 1.165) is 32.4 Å². The molecule has 0 aliphatic carbocycles. The fourth-order valence-electron chi connectivity index (χ4n) is 4.13. The van der Waals surface area contributed by atoms with Gasteiger partial charge in [-0.15, -0.1) is 0 Å². The molecule has 2 aliphatic rings. The lowest BCUT2D eigenvalue weighted by atomic mass is 9.93. The molecule has 0 radical (unpaired) electrons. The van der Waals surface area contributed by atoms with Crippen LogP contribution in [0, 0.1) is 5.92 Å². The van der Waals surface area contributed by atoms with Crippen LogP contribution in [0.3, 0.4) is 0 Å². The van der Waals surface area contributed by atoms with Crippen molar-refractivity contribution in [3.63, 3.8) is 0 Å². The molecule has 1 atom stereocenters. The summed E-state index contributed by atoms with van der Waals surface area (Å²) in [6.45, 7) is 5.23. The first-order valence-corrected chi connectivity index (χ1v) is 9.44. The Kier molecular flexibility index (Phi) is 5.95. The van der Waals surface area contributed by atoms with Gasteiger partial charge in [0.25, 0.3) is 0 Å². The molecule has 134 valence electrons. The van der Waals surface area contributed by atoms with E-state index in [-0.39, 0.29) is 11.8 Å². The summed E-state index contributed by atoms with van der Waals surface area (Å²) in [6.07, 6.45) is 7.65. The number of aromatic nitrogens is 1. The third-order valence-corrected chi connectivity index (χ3v) is 5.76. The minimum Gasteiger partial charge on any atom is -0.355 e.